The minimum Gasteiger partial charge on any atom is -0.369 e. The van der Waals surface area contributed by atoms with Crippen molar-refractivity contribution in [1.29, 1.82) is 0 Å². The van der Waals surface area contributed by atoms with Crippen LogP contribution in [0.4, 0.5) is 5.82 Å². The van der Waals surface area contributed by atoms with Crippen molar-refractivity contribution in [3.63, 3.8) is 0 Å². The molecule has 0 spiro atoms. The van der Waals surface area contributed by atoms with Crippen molar-refractivity contribution in [2.24, 2.45) is 0 Å². The van der Waals surface area contributed by atoms with E-state index in [9.17, 15) is 4.79 Å². The molecule has 1 unspecified atom stereocenters. The molecule has 1 fully saturated rings. The fraction of sp³-hybridized carbons (Fsp3) is 0.500. The Labute approximate surface area is 102 Å². The van der Waals surface area contributed by atoms with Crippen LogP contribution < -0.4 is 11.0 Å². The second kappa shape index (κ2) is 4.40. The van der Waals surface area contributed by atoms with E-state index in [2.05, 4.69) is 20.5 Å². The Morgan fingerprint density at radius 1 is 1.65 bits per heavy atom. The molecular weight excluding hydrogens is 238 g/mol. The molecule has 0 aromatic carbocycles. The molecular formula is C10H13N5OS. The molecule has 2 N–H and O–H groups in total. The maximum absolute atomic E-state index is 11.2. The second-order valence-corrected chi connectivity index (χ2v) is 5.46. The van der Waals surface area contributed by atoms with E-state index >= 15 is 0 Å². The Kier molecular flexibility index (Phi) is 2.76. The van der Waals surface area contributed by atoms with Crippen LogP contribution in [-0.2, 0) is 0 Å². The van der Waals surface area contributed by atoms with E-state index in [1.807, 2.05) is 11.8 Å². The summed E-state index contributed by atoms with van der Waals surface area (Å²) in [4.78, 5) is 15.4. The van der Waals surface area contributed by atoms with Gasteiger partial charge in [-0.1, -0.05) is 0 Å². The normalized spacial score (nSPS) is 19.9. The Balaban J connectivity index is 1.74. The lowest BCUT2D eigenvalue weighted by Crippen LogP contribution is -2.15. The molecule has 1 atom stereocenters. The Morgan fingerprint density at radius 3 is 3.41 bits per heavy atom. The standard InChI is InChI=1S/C10H13N5OS/c16-10-14-13-9-4-8(12-6-15(9)10)11-5-7-2-1-3-17-7/h4,6-7,11H,1-3,5H2,(H,14,16). The molecule has 0 amide bonds. The van der Waals surface area contributed by atoms with Gasteiger partial charge in [-0.15, -0.1) is 0 Å². The van der Waals surface area contributed by atoms with E-state index in [1.54, 1.807) is 6.07 Å². The number of nitrogens with one attached hydrogen (secondary N) is 2. The Hall–Kier alpha value is -1.50. The lowest BCUT2D eigenvalue weighted by molar-refractivity contribution is 0.803. The summed E-state index contributed by atoms with van der Waals surface area (Å²) in [6.45, 7) is 0.919. The van der Waals surface area contributed by atoms with Crippen LogP contribution in [0.5, 0.6) is 0 Å². The fourth-order valence-electron chi connectivity index (χ4n) is 1.93. The highest BCUT2D eigenvalue weighted by Gasteiger charge is 2.15. The molecule has 2 aromatic rings. The molecule has 1 aliphatic heterocycles. The van der Waals surface area contributed by atoms with Gasteiger partial charge in [-0.3, -0.25) is 0 Å². The summed E-state index contributed by atoms with van der Waals surface area (Å²) < 4.78 is 1.38. The van der Waals surface area contributed by atoms with E-state index in [0.29, 0.717) is 10.9 Å². The van der Waals surface area contributed by atoms with Crippen LogP contribution in [0, 0.1) is 0 Å². The average molecular weight is 251 g/mol. The zero-order chi connectivity index (χ0) is 11.7. The SMILES string of the molecule is O=c1[nH]nc2cc(NCC3CCCS3)ncn12. The lowest BCUT2D eigenvalue weighted by atomic mass is 10.2. The van der Waals surface area contributed by atoms with Crippen LogP contribution in [0.2, 0.25) is 0 Å². The minimum absolute atomic E-state index is 0.259. The molecule has 2 aromatic heterocycles. The molecule has 3 heterocycles. The summed E-state index contributed by atoms with van der Waals surface area (Å²) in [5, 5.41) is 10.2. The van der Waals surface area contributed by atoms with Gasteiger partial charge >= 0.3 is 5.69 Å². The number of hydrogen-bond donors (Lipinski definition) is 2. The van der Waals surface area contributed by atoms with Crippen LogP contribution in [-0.4, -0.2) is 37.1 Å². The second-order valence-electron chi connectivity index (χ2n) is 4.05. The van der Waals surface area contributed by atoms with Gasteiger partial charge in [-0.2, -0.15) is 16.9 Å². The van der Waals surface area contributed by atoms with Crippen LogP contribution >= 0.6 is 11.8 Å². The number of aromatic nitrogens is 4. The zero-order valence-electron chi connectivity index (χ0n) is 9.22. The first-order chi connectivity index (χ1) is 8.33. The predicted molar refractivity (Wildman–Crippen MR) is 67.6 cm³/mol. The predicted octanol–water partition coefficient (Wildman–Crippen LogP) is 0.725. The molecule has 1 saturated heterocycles. The molecule has 7 heteroatoms. The molecule has 0 bridgehead atoms. The van der Waals surface area contributed by atoms with E-state index in [1.165, 1.54) is 29.3 Å². The molecule has 1 aliphatic rings. The van der Waals surface area contributed by atoms with Gasteiger partial charge in [-0.05, 0) is 18.6 Å². The Bertz CT molecular complexity index is 571. The molecule has 0 aliphatic carbocycles. The summed E-state index contributed by atoms with van der Waals surface area (Å²) in [7, 11) is 0. The van der Waals surface area contributed by atoms with Crippen LogP contribution in [0.3, 0.4) is 0 Å². The van der Waals surface area contributed by atoms with Crippen molar-refractivity contribution in [2.75, 3.05) is 17.6 Å². The lowest BCUT2D eigenvalue weighted by Gasteiger charge is -2.10. The summed E-state index contributed by atoms with van der Waals surface area (Å²) >= 11 is 2.00. The van der Waals surface area contributed by atoms with Crippen molar-refractivity contribution in [1.82, 2.24) is 19.6 Å². The largest absolute Gasteiger partial charge is 0.369 e. The van der Waals surface area contributed by atoms with Crippen LogP contribution in [0.25, 0.3) is 5.65 Å². The number of H-pyrrole nitrogens is 1. The molecule has 90 valence electrons. The maximum atomic E-state index is 11.2. The van der Waals surface area contributed by atoms with Crippen molar-refractivity contribution in [3.05, 3.63) is 22.9 Å². The third-order valence-corrected chi connectivity index (χ3v) is 4.24. The number of nitrogens with zero attached hydrogens (tertiary/aromatic N) is 3. The van der Waals surface area contributed by atoms with Crippen molar-refractivity contribution in [2.45, 2.75) is 18.1 Å². The van der Waals surface area contributed by atoms with Gasteiger partial charge in [-0.25, -0.2) is 19.3 Å². The van der Waals surface area contributed by atoms with E-state index in [4.69, 9.17) is 0 Å². The minimum atomic E-state index is -0.259. The van der Waals surface area contributed by atoms with Crippen LogP contribution in [0.15, 0.2) is 17.2 Å². The topological polar surface area (TPSA) is 75.1 Å². The molecule has 0 saturated carbocycles. The van der Waals surface area contributed by atoms with Crippen molar-refractivity contribution >= 4 is 23.2 Å². The quantitative estimate of drug-likeness (QED) is 0.841. The molecule has 17 heavy (non-hydrogen) atoms. The monoisotopic (exact) mass is 251 g/mol. The third-order valence-electron chi connectivity index (χ3n) is 2.84. The molecule has 3 rings (SSSR count). The van der Waals surface area contributed by atoms with Crippen LogP contribution in [0.1, 0.15) is 12.8 Å². The highest BCUT2D eigenvalue weighted by Crippen LogP contribution is 2.26. The summed E-state index contributed by atoms with van der Waals surface area (Å²) in [5.41, 5.74) is 0.331. The van der Waals surface area contributed by atoms with E-state index in [-0.39, 0.29) is 5.69 Å². The maximum Gasteiger partial charge on any atom is 0.348 e. The average Bonchev–Trinajstić information content (AvgIpc) is 2.97. The van der Waals surface area contributed by atoms with Gasteiger partial charge in [0.1, 0.15) is 12.1 Å². The molecule has 6 nitrogen and oxygen atoms in total. The highest BCUT2D eigenvalue weighted by molar-refractivity contribution is 8.00. The summed E-state index contributed by atoms with van der Waals surface area (Å²) in [6.07, 6.45) is 4.06. The number of fused-ring (bicyclic) bond motifs is 1. The van der Waals surface area contributed by atoms with Gasteiger partial charge in [0.25, 0.3) is 0 Å². The number of rotatable bonds is 3. The van der Waals surface area contributed by atoms with Gasteiger partial charge in [0.05, 0.1) is 0 Å². The fourth-order valence-corrected chi connectivity index (χ4v) is 3.13. The summed E-state index contributed by atoms with van der Waals surface area (Å²) in [5.74, 6) is 2.03. The third kappa shape index (κ3) is 2.14. The number of anilines is 1. The summed E-state index contributed by atoms with van der Waals surface area (Å²) in [6, 6.07) is 1.78. The van der Waals surface area contributed by atoms with Gasteiger partial charge in [0, 0.05) is 17.9 Å². The zero-order valence-corrected chi connectivity index (χ0v) is 10.0. The van der Waals surface area contributed by atoms with Crippen molar-refractivity contribution < 1.29 is 0 Å². The number of aromatic amines is 1. The Morgan fingerprint density at radius 2 is 2.59 bits per heavy atom. The smallest absolute Gasteiger partial charge is 0.348 e. The van der Waals surface area contributed by atoms with Gasteiger partial charge in [0.2, 0.25) is 0 Å². The van der Waals surface area contributed by atoms with Gasteiger partial charge < -0.3 is 5.32 Å². The van der Waals surface area contributed by atoms with Crippen molar-refractivity contribution in [3.8, 4) is 0 Å². The number of hydrogen-bond acceptors (Lipinski definition) is 5. The van der Waals surface area contributed by atoms with E-state index < -0.39 is 0 Å². The molecule has 0 radical (unpaired) electrons. The van der Waals surface area contributed by atoms with Gasteiger partial charge in [0.15, 0.2) is 5.65 Å². The first kappa shape index (κ1) is 10.6. The highest BCUT2D eigenvalue weighted by atomic mass is 32.2. The number of thioether (sulfide) groups is 1. The first-order valence-corrected chi connectivity index (χ1v) is 6.66. The first-order valence-electron chi connectivity index (χ1n) is 5.61. The van der Waals surface area contributed by atoms with E-state index in [0.717, 1.165) is 12.4 Å².